The van der Waals surface area contributed by atoms with E-state index >= 15 is 0 Å². The Morgan fingerprint density at radius 2 is 1.41 bits per heavy atom. The van der Waals surface area contributed by atoms with Crippen molar-refractivity contribution < 1.29 is 29.5 Å². The topological polar surface area (TPSA) is 117 Å². The lowest BCUT2D eigenvalue weighted by atomic mass is 10.0. The number of hydrogen-bond acceptors (Lipinski definition) is 4. The van der Waals surface area contributed by atoms with E-state index in [4.69, 9.17) is 19.9 Å². The molecule has 2 aliphatic carbocycles. The smallest absolute Gasteiger partial charge is 0.428 e. The Balaban J connectivity index is 1.94. The minimum absolute atomic E-state index is 0.0347. The highest BCUT2D eigenvalue weighted by Crippen LogP contribution is 2.42. The van der Waals surface area contributed by atoms with Crippen molar-refractivity contribution in [3.05, 3.63) is 12.2 Å². The van der Waals surface area contributed by atoms with Crippen LogP contribution in [0.15, 0.2) is 12.2 Å². The highest BCUT2D eigenvalue weighted by molar-refractivity contribution is 5.63. The van der Waals surface area contributed by atoms with E-state index in [-0.39, 0.29) is 11.8 Å². The van der Waals surface area contributed by atoms with E-state index in [1.54, 1.807) is 0 Å². The largest absolute Gasteiger partial charge is 0.464 e. The first-order valence-corrected chi connectivity index (χ1v) is 5.05. The number of amides is 2. The van der Waals surface area contributed by atoms with Crippen molar-refractivity contribution in [1.82, 2.24) is 11.0 Å². The average molecular weight is 244 g/mol. The van der Waals surface area contributed by atoms with Crippen LogP contribution in [0.4, 0.5) is 9.59 Å². The summed E-state index contributed by atoms with van der Waals surface area (Å²) in [6.45, 7) is 0. The van der Waals surface area contributed by atoms with Gasteiger partial charge in [0.2, 0.25) is 0 Å². The number of hydrogen-bond donors (Lipinski definition) is 4. The first kappa shape index (κ1) is 11.7. The van der Waals surface area contributed by atoms with Gasteiger partial charge < -0.3 is 10.2 Å². The number of hydroxylamine groups is 2. The molecule has 1 saturated carbocycles. The second-order valence-corrected chi connectivity index (χ2v) is 3.93. The van der Waals surface area contributed by atoms with Crippen LogP contribution >= 0.6 is 0 Å². The predicted molar refractivity (Wildman–Crippen MR) is 52.8 cm³/mol. The zero-order chi connectivity index (χ0) is 12.4. The molecule has 8 heteroatoms. The molecule has 17 heavy (non-hydrogen) atoms. The van der Waals surface area contributed by atoms with Gasteiger partial charge in [0, 0.05) is 11.8 Å². The molecule has 0 aromatic rings. The SMILES string of the molecule is O=C(O)NOC1C2C=CC(C2)C1ONC(=O)O. The summed E-state index contributed by atoms with van der Waals surface area (Å²) in [6.07, 6.45) is 0.945. The van der Waals surface area contributed by atoms with E-state index in [0.717, 1.165) is 6.42 Å². The summed E-state index contributed by atoms with van der Waals surface area (Å²) in [7, 11) is 0. The molecule has 4 atom stereocenters. The summed E-state index contributed by atoms with van der Waals surface area (Å²) >= 11 is 0. The van der Waals surface area contributed by atoms with Crippen molar-refractivity contribution in [3.63, 3.8) is 0 Å². The molecule has 0 spiro atoms. The third-order valence-electron chi connectivity index (χ3n) is 2.88. The van der Waals surface area contributed by atoms with Crippen LogP contribution in [0.5, 0.6) is 0 Å². The Morgan fingerprint density at radius 3 is 1.76 bits per heavy atom. The van der Waals surface area contributed by atoms with E-state index in [0.29, 0.717) is 0 Å². The van der Waals surface area contributed by atoms with Gasteiger partial charge >= 0.3 is 12.2 Å². The Morgan fingerprint density at radius 1 is 1.00 bits per heavy atom. The fourth-order valence-electron chi connectivity index (χ4n) is 2.28. The van der Waals surface area contributed by atoms with Gasteiger partial charge in [-0.25, -0.2) is 9.59 Å². The lowest BCUT2D eigenvalue weighted by Gasteiger charge is -2.26. The van der Waals surface area contributed by atoms with Gasteiger partial charge in [-0.1, -0.05) is 12.2 Å². The van der Waals surface area contributed by atoms with Gasteiger partial charge in [0.25, 0.3) is 0 Å². The van der Waals surface area contributed by atoms with Gasteiger partial charge in [0.1, 0.15) is 12.2 Å². The molecule has 0 saturated heterocycles. The van der Waals surface area contributed by atoms with Crippen molar-refractivity contribution in [3.8, 4) is 0 Å². The molecule has 1 fully saturated rings. The minimum Gasteiger partial charge on any atom is -0.464 e. The Bertz CT molecular complexity index is 325. The van der Waals surface area contributed by atoms with Crippen LogP contribution in [0.25, 0.3) is 0 Å². The molecule has 0 aromatic heterocycles. The molecular formula is C9H12N2O6. The molecule has 94 valence electrons. The summed E-state index contributed by atoms with van der Waals surface area (Å²) in [5.41, 5.74) is 3.63. The van der Waals surface area contributed by atoms with Crippen LogP contribution in [-0.4, -0.2) is 34.6 Å². The molecule has 2 amide bonds. The molecule has 4 N–H and O–H groups in total. The van der Waals surface area contributed by atoms with Crippen molar-refractivity contribution in [2.45, 2.75) is 18.6 Å². The van der Waals surface area contributed by atoms with Crippen LogP contribution < -0.4 is 11.0 Å². The van der Waals surface area contributed by atoms with Crippen LogP contribution in [0.1, 0.15) is 6.42 Å². The Labute approximate surface area is 96.1 Å². The quantitative estimate of drug-likeness (QED) is 0.418. The van der Waals surface area contributed by atoms with Gasteiger partial charge in [-0.15, -0.1) is 0 Å². The summed E-state index contributed by atoms with van der Waals surface area (Å²) in [6, 6.07) is 0. The van der Waals surface area contributed by atoms with Crippen LogP contribution in [-0.2, 0) is 9.68 Å². The van der Waals surface area contributed by atoms with Crippen molar-refractivity contribution in [2.24, 2.45) is 11.8 Å². The predicted octanol–water partition coefficient (Wildman–Crippen LogP) is 0.328. The average Bonchev–Trinajstić information content (AvgIpc) is 2.83. The molecule has 2 rings (SSSR count). The number of carbonyl (C=O) groups is 2. The lowest BCUT2D eigenvalue weighted by molar-refractivity contribution is -0.128. The monoisotopic (exact) mass is 244 g/mol. The van der Waals surface area contributed by atoms with E-state index in [1.165, 1.54) is 0 Å². The number of carboxylic acid groups (broad SMARTS) is 2. The summed E-state index contributed by atoms with van der Waals surface area (Å²) in [5, 5.41) is 16.9. The van der Waals surface area contributed by atoms with Gasteiger partial charge in [0.15, 0.2) is 0 Å². The summed E-state index contributed by atoms with van der Waals surface area (Å²) in [5.74, 6) is 0.0693. The van der Waals surface area contributed by atoms with E-state index in [9.17, 15) is 9.59 Å². The number of rotatable bonds is 4. The highest BCUT2D eigenvalue weighted by atomic mass is 16.7. The van der Waals surface area contributed by atoms with Crippen molar-refractivity contribution in [2.75, 3.05) is 0 Å². The van der Waals surface area contributed by atoms with Crippen molar-refractivity contribution >= 4 is 12.2 Å². The number of fused-ring (bicyclic) bond motifs is 2. The molecule has 4 unspecified atom stereocenters. The minimum atomic E-state index is -1.30. The summed E-state index contributed by atoms with van der Waals surface area (Å²) in [4.78, 5) is 30.6. The Kier molecular flexibility index (Phi) is 3.16. The van der Waals surface area contributed by atoms with E-state index in [1.807, 2.05) is 23.1 Å². The standard InChI is InChI=1S/C9H12N2O6/c12-8(13)10-16-6-4-1-2-5(3-4)7(6)17-11-9(14)15/h1-2,4-7,10-11H,3H2,(H,12,13)(H,14,15). The molecule has 0 aliphatic heterocycles. The molecular weight excluding hydrogens is 232 g/mol. The fraction of sp³-hybridized carbons (Fsp3) is 0.556. The van der Waals surface area contributed by atoms with Crippen LogP contribution in [0.3, 0.4) is 0 Å². The zero-order valence-electron chi connectivity index (χ0n) is 8.70. The van der Waals surface area contributed by atoms with Crippen LogP contribution in [0, 0.1) is 11.8 Å². The molecule has 0 radical (unpaired) electrons. The van der Waals surface area contributed by atoms with E-state index < -0.39 is 24.4 Å². The third-order valence-corrected chi connectivity index (χ3v) is 2.88. The van der Waals surface area contributed by atoms with Gasteiger partial charge in [-0.05, 0) is 6.42 Å². The van der Waals surface area contributed by atoms with Crippen LogP contribution in [0.2, 0.25) is 0 Å². The molecule has 2 bridgehead atoms. The maximum Gasteiger partial charge on any atom is 0.428 e. The van der Waals surface area contributed by atoms with Gasteiger partial charge in [0.05, 0.1) is 0 Å². The summed E-state index contributed by atoms with van der Waals surface area (Å²) < 4.78 is 0. The fourth-order valence-corrected chi connectivity index (χ4v) is 2.28. The lowest BCUT2D eigenvalue weighted by Crippen LogP contribution is -2.43. The van der Waals surface area contributed by atoms with Gasteiger partial charge in [-0.3, -0.25) is 9.68 Å². The molecule has 0 aromatic carbocycles. The normalized spacial score (nSPS) is 33.6. The molecule has 0 heterocycles. The first-order valence-electron chi connectivity index (χ1n) is 5.05. The second kappa shape index (κ2) is 4.60. The van der Waals surface area contributed by atoms with Gasteiger partial charge in [-0.2, -0.15) is 11.0 Å². The zero-order valence-corrected chi connectivity index (χ0v) is 8.70. The first-order chi connectivity index (χ1) is 8.08. The van der Waals surface area contributed by atoms with Crippen molar-refractivity contribution in [1.29, 1.82) is 0 Å². The molecule has 8 nitrogen and oxygen atoms in total. The highest BCUT2D eigenvalue weighted by Gasteiger charge is 2.47. The Hall–Kier alpha value is -1.80. The molecule has 2 aliphatic rings. The number of nitrogens with one attached hydrogen (secondary N) is 2. The maximum absolute atomic E-state index is 10.3. The second-order valence-electron chi connectivity index (χ2n) is 3.93. The van der Waals surface area contributed by atoms with E-state index in [2.05, 4.69) is 0 Å². The third kappa shape index (κ3) is 2.48. The maximum atomic E-state index is 10.3.